The molecule has 0 bridgehead atoms. The van der Waals surface area contributed by atoms with E-state index in [9.17, 15) is 0 Å². The molecule has 3 N–H and O–H groups in total. The Bertz CT molecular complexity index is 582. The van der Waals surface area contributed by atoms with Gasteiger partial charge in [-0.2, -0.15) is 0 Å². The molecule has 0 fully saturated rings. The molecule has 2 rings (SSSR count). The highest BCUT2D eigenvalue weighted by atomic mass is 16.5. The van der Waals surface area contributed by atoms with Gasteiger partial charge in [-0.1, -0.05) is 6.07 Å². The first kappa shape index (κ1) is 14.1. The van der Waals surface area contributed by atoms with Crippen molar-refractivity contribution in [3.05, 3.63) is 42.5 Å². The quantitative estimate of drug-likeness (QED) is 0.817. The summed E-state index contributed by atoms with van der Waals surface area (Å²) in [5.41, 5.74) is 9.66. The zero-order valence-electron chi connectivity index (χ0n) is 12.2. The molecule has 2 aromatic rings. The van der Waals surface area contributed by atoms with Crippen molar-refractivity contribution >= 4 is 22.7 Å². The highest BCUT2D eigenvalue weighted by Crippen LogP contribution is 2.28. The lowest BCUT2D eigenvalue weighted by atomic mass is 10.2. The van der Waals surface area contributed by atoms with E-state index in [4.69, 9.17) is 10.5 Å². The molecule has 0 aliphatic rings. The van der Waals surface area contributed by atoms with E-state index in [-0.39, 0.29) is 0 Å². The minimum absolute atomic E-state index is 0.601. The van der Waals surface area contributed by atoms with Crippen LogP contribution in [-0.2, 0) is 0 Å². The van der Waals surface area contributed by atoms with E-state index in [0.717, 1.165) is 17.1 Å². The Hall–Kier alpha value is -2.36. The molecular weight excluding hydrogens is 250 g/mol. The van der Waals surface area contributed by atoms with Crippen LogP contribution >= 0.6 is 0 Å². The molecule has 0 aliphatic carbocycles. The van der Waals surface area contributed by atoms with Gasteiger partial charge in [-0.15, -0.1) is 0 Å². The summed E-state index contributed by atoms with van der Waals surface area (Å²) < 4.78 is 5.50. The van der Waals surface area contributed by atoms with E-state index in [1.165, 1.54) is 0 Å². The molecule has 0 unspecified atom stereocenters. The van der Waals surface area contributed by atoms with E-state index >= 15 is 0 Å². The van der Waals surface area contributed by atoms with Crippen LogP contribution in [0.3, 0.4) is 0 Å². The molecule has 0 atom stereocenters. The predicted octanol–water partition coefficient (Wildman–Crippen LogP) is 3.48. The van der Waals surface area contributed by atoms with Gasteiger partial charge >= 0.3 is 0 Å². The van der Waals surface area contributed by atoms with Crippen LogP contribution < -0.4 is 20.7 Å². The highest BCUT2D eigenvalue weighted by Gasteiger charge is 2.03. The van der Waals surface area contributed by atoms with Gasteiger partial charge in [-0.3, -0.25) is 0 Å². The third-order valence-electron chi connectivity index (χ3n) is 2.96. The van der Waals surface area contributed by atoms with Crippen molar-refractivity contribution < 1.29 is 4.74 Å². The third-order valence-corrected chi connectivity index (χ3v) is 2.96. The van der Waals surface area contributed by atoms with Crippen molar-refractivity contribution in [1.82, 2.24) is 0 Å². The summed E-state index contributed by atoms with van der Waals surface area (Å²) in [6.07, 6.45) is 0. The predicted molar refractivity (Wildman–Crippen MR) is 86.1 cm³/mol. The monoisotopic (exact) mass is 271 g/mol. The summed E-state index contributed by atoms with van der Waals surface area (Å²) in [6.45, 7) is 2.55. The summed E-state index contributed by atoms with van der Waals surface area (Å²) in [6, 6.07) is 13.9. The molecule has 106 valence electrons. The lowest BCUT2D eigenvalue weighted by molar-refractivity contribution is 0.342. The molecule has 4 heteroatoms. The number of hydrogen-bond donors (Lipinski definition) is 2. The zero-order chi connectivity index (χ0) is 14.5. The molecule has 2 aromatic carbocycles. The van der Waals surface area contributed by atoms with E-state index in [1.54, 1.807) is 0 Å². The fourth-order valence-electron chi connectivity index (χ4n) is 1.92. The highest BCUT2D eigenvalue weighted by molar-refractivity contribution is 5.69. The summed E-state index contributed by atoms with van der Waals surface area (Å²) in [7, 11) is 4.05. The number of nitrogens with zero attached hydrogens (tertiary/aromatic N) is 1. The van der Waals surface area contributed by atoms with Gasteiger partial charge < -0.3 is 20.7 Å². The molecule has 0 aliphatic heterocycles. The molecular formula is C16H21N3O. The summed E-state index contributed by atoms with van der Waals surface area (Å²) in [5.74, 6) is 0.710. The number of nitrogens with one attached hydrogen (secondary N) is 1. The maximum atomic E-state index is 5.87. The Morgan fingerprint density at radius 1 is 1.10 bits per heavy atom. The maximum absolute atomic E-state index is 5.87. The van der Waals surface area contributed by atoms with Crippen molar-refractivity contribution in [3.63, 3.8) is 0 Å². The van der Waals surface area contributed by atoms with Crippen molar-refractivity contribution in [3.8, 4) is 5.75 Å². The molecule has 20 heavy (non-hydrogen) atoms. The number of nitrogen functional groups attached to an aromatic ring is 1. The average molecular weight is 271 g/mol. The number of rotatable bonds is 5. The van der Waals surface area contributed by atoms with Gasteiger partial charge in [0.05, 0.1) is 12.3 Å². The molecule has 0 saturated carbocycles. The first-order valence-electron chi connectivity index (χ1n) is 6.67. The van der Waals surface area contributed by atoms with Crippen molar-refractivity contribution in [1.29, 1.82) is 0 Å². The smallest absolute Gasteiger partial charge is 0.144 e. The van der Waals surface area contributed by atoms with Gasteiger partial charge in [0.25, 0.3) is 0 Å². The lowest BCUT2D eigenvalue weighted by Gasteiger charge is -2.15. The largest absolute Gasteiger partial charge is 0.492 e. The van der Waals surface area contributed by atoms with Crippen LogP contribution in [0, 0.1) is 0 Å². The van der Waals surface area contributed by atoms with Gasteiger partial charge in [0.15, 0.2) is 0 Å². The molecule has 0 heterocycles. The van der Waals surface area contributed by atoms with Crippen LogP contribution in [0.4, 0.5) is 22.7 Å². The maximum Gasteiger partial charge on any atom is 0.144 e. The fraction of sp³-hybridized carbons (Fsp3) is 0.250. The lowest BCUT2D eigenvalue weighted by Crippen LogP contribution is -2.08. The standard InChI is InChI=1S/C16H21N3O/c1-4-20-16-11-13(8-9-15(16)17)18-12-6-5-7-14(10-12)19(2)3/h5-11,18H,4,17H2,1-3H3. The van der Waals surface area contributed by atoms with Crippen LogP contribution in [0.2, 0.25) is 0 Å². The number of hydrogen-bond acceptors (Lipinski definition) is 4. The SMILES string of the molecule is CCOc1cc(Nc2cccc(N(C)C)c2)ccc1N. The zero-order valence-corrected chi connectivity index (χ0v) is 12.2. The van der Waals surface area contributed by atoms with Crippen molar-refractivity contribution in [2.24, 2.45) is 0 Å². The third kappa shape index (κ3) is 3.35. The number of anilines is 4. The van der Waals surface area contributed by atoms with Gasteiger partial charge in [0.1, 0.15) is 5.75 Å². The van der Waals surface area contributed by atoms with Crippen LogP contribution in [0.25, 0.3) is 0 Å². The van der Waals surface area contributed by atoms with Crippen molar-refractivity contribution in [2.45, 2.75) is 6.92 Å². The summed E-state index contributed by atoms with van der Waals surface area (Å²) in [5, 5.41) is 3.36. The summed E-state index contributed by atoms with van der Waals surface area (Å²) >= 11 is 0. The summed E-state index contributed by atoms with van der Waals surface area (Å²) in [4.78, 5) is 2.07. The van der Waals surface area contributed by atoms with Crippen LogP contribution in [-0.4, -0.2) is 20.7 Å². The minimum Gasteiger partial charge on any atom is -0.492 e. The van der Waals surface area contributed by atoms with Crippen molar-refractivity contribution in [2.75, 3.05) is 36.7 Å². The van der Waals surface area contributed by atoms with Crippen LogP contribution in [0.5, 0.6) is 5.75 Å². The Labute approximate surface area is 120 Å². The molecule has 0 saturated heterocycles. The van der Waals surface area contributed by atoms with E-state index < -0.39 is 0 Å². The average Bonchev–Trinajstić information content (AvgIpc) is 2.43. The van der Waals surface area contributed by atoms with Crippen LogP contribution in [0.1, 0.15) is 6.92 Å². The number of benzene rings is 2. The normalized spacial score (nSPS) is 10.2. The van der Waals surface area contributed by atoms with Gasteiger partial charge in [-0.25, -0.2) is 0 Å². The van der Waals surface area contributed by atoms with Crippen LogP contribution in [0.15, 0.2) is 42.5 Å². The second-order valence-electron chi connectivity index (χ2n) is 4.76. The minimum atomic E-state index is 0.601. The second-order valence-corrected chi connectivity index (χ2v) is 4.76. The van der Waals surface area contributed by atoms with E-state index in [2.05, 4.69) is 22.3 Å². The van der Waals surface area contributed by atoms with E-state index in [1.807, 2.05) is 51.4 Å². The molecule has 4 nitrogen and oxygen atoms in total. The second kappa shape index (κ2) is 6.19. The first-order valence-corrected chi connectivity index (χ1v) is 6.67. The number of ether oxygens (including phenoxy) is 1. The Morgan fingerprint density at radius 3 is 2.55 bits per heavy atom. The Morgan fingerprint density at radius 2 is 1.85 bits per heavy atom. The molecule has 0 amide bonds. The molecule has 0 aromatic heterocycles. The topological polar surface area (TPSA) is 50.5 Å². The molecule has 0 radical (unpaired) electrons. The van der Waals surface area contributed by atoms with E-state index in [0.29, 0.717) is 18.0 Å². The first-order chi connectivity index (χ1) is 9.60. The Kier molecular flexibility index (Phi) is 4.35. The molecule has 0 spiro atoms. The van der Waals surface area contributed by atoms with Gasteiger partial charge in [-0.05, 0) is 37.3 Å². The number of nitrogens with two attached hydrogens (primary N) is 1. The fourth-order valence-corrected chi connectivity index (χ4v) is 1.92. The van der Waals surface area contributed by atoms with Gasteiger partial charge in [0.2, 0.25) is 0 Å². The van der Waals surface area contributed by atoms with Gasteiger partial charge in [0, 0.05) is 37.2 Å². The Balaban J connectivity index is 2.21.